The van der Waals surface area contributed by atoms with E-state index in [-0.39, 0.29) is 5.91 Å². The Labute approximate surface area is 157 Å². The summed E-state index contributed by atoms with van der Waals surface area (Å²) in [5.74, 6) is 1.55. The van der Waals surface area contributed by atoms with Gasteiger partial charge < -0.3 is 9.42 Å². The van der Waals surface area contributed by atoms with E-state index in [1.807, 2.05) is 56.3 Å². The molecule has 0 spiro atoms. The second kappa shape index (κ2) is 8.19. The van der Waals surface area contributed by atoms with Crippen molar-refractivity contribution in [2.24, 2.45) is 0 Å². The van der Waals surface area contributed by atoms with Crippen LogP contribution in [-0.4, -0.2) is 28.0 Å². The average Bonchev–Trinajstić information content (AvgIpc) is 2.99. The lowest BCUT2D eigenvalue weighted by atomic mass is 10.1. The van der Waals surface area contributed by atoms with Crippen molar-refractivity contribution in [2.75, 3.05) is 7.05 Å². The van der Waals surface area contributed by atoms with Gasteiger partial charge in [0.1, 0.15) is 5.76 Å². The molecular weight excluding hydrogens is 346 g/mol. The second-order valence-electron chi connectivity index (χ2n) is 6.12. The number of aromatic nitrogens is 2. The van der Waals surface area contributed by atoms with Crippen molar-refractivity contribution in [1.82, 2.24) is 15.0 Å². The van der Waals surface area contributed by atoms with E-state index in [4.69, 9.17) is 4.52 Å². The van der Waals surface area contributed by atoms with Gasteiger partial charge in [-0.15, -0.1) is 11.8 Å². The predicted octanol–water partition coefficient (Wildman–Crippen LogP) is 4.25. The minimum absolute atomic E-state index is 0.0195. The van der Waals surface area contributed by atoms with Gasteiger partial charge in [0.25, 0.3) is 5.91 Å². The lowest BCUT2D eigenvalue weighted by molar-refractivity contribution is 0.0784. The highest BCUT2D eigenvalue weighted by Crippen LogP contribution is 2.21. The minimum atomic E-state index is -0.0195. The second-order valence-corrected chi connectivity index (χ2v) is 7.11. The Balaban J connectivity index is 1.61. The summed E-state index contributed by atoms with van der Waals surface area (Å²) >= 11 is 1.68. The smallest absolute Gasteiger partial charge is 0.253 e. The molecule has 0 aliphatic carbocycles. The summed E-state index contributed by atoms with van der Waals surface area (Å²) in [4.78, 5) is 18.6. The fraction of sp³-hybridized carbons (Fsp3) is 0.250. The van der Waals surface area contributed by atoms with Crippen LogP contribution in [0.15, 0.2) is 58.2 Å². The SMILES string of the molecule is Cc1noc(C)c1CN(C)C(=O)c1ccc(CSc2ccccn2)cc1. The predicted molar refractivity (Wildman–Crippen MR) is 102 cm³/mol. The standard InChI is InChI=1S/C20H21N3O2S/c1-14-18(15(2)25-22-14)12-23(3)20(24)17-9-7-16(8-10-17)13-26-19-6-4-5-11-21-19/h4-11H,12-13H2,1-3H3. The zero-order valence-corrected chi connectivity index (χ0v) is 15.9. The number of hydrogen-bond acceptors (Lipinski definition) is 5. The average molecular weight is 367 g/mol. The molecule has 26 heavy (non-hydrogen) atoms. The van der Waals surface area contributed by atoms with Crippen molar-refractivity contribution >= 4 is 17.7 Å². The highest BCUT2D eigenvalue weighted by atomic mass is 32.2. The van der Waals surface area contributed by atoms with Crippen LogP contribution in [0, 0.1) is 13.8 Å². The molecule has 2 aromatic heterocycles. The van der Waals surface area contributed by atoms with Crippen LogP contribution < -0.4 is 0 Å². The van der Waals surface area contributed by atoms with E-state index in [0.717, 1.165) is 33.4 Å². The molecule has 0 radical (unpaired) electrons. The van der Waals surface area contributed by atoms with Crippen LogP contribution in [0.1, 0.15) is 32.9 Å². The third kappa shape index (κ3) is 4.32. The summed E-state index contributed by atoms with van der Waals surface area (Å²) < 4.78 is 5.17. The van der Waals surface area contributed by atoms with E-state index in [1.165, 1.54) is 0 Å². The molecule has 5 nitrogen and oxygen atoms in total. The first kappa shape index (κ1) is 18.2. The number of amides is 1. The molecule has 0 saturated heterocycles. The third-order valence-corrected chi connectivity index (χ3v) is 5.16. The van der Waals surface area contributed by atoms with Crippen LogP contribution in [0.25, 0.3) is 0 Å². The van der Waals surface area contributed by atoms with Crippen molar-refractivity contribution in [3.63, 3.8) is 0 Å². The Morgan fingerprint density at radius 3 is 2.54 bits per heavy atom. The molecule has 0 N–H and O–H groups in total. The molecule has 0 atom stereocenters. The molecule has 0 aliphatic heterocycles. The maximum Gasteiger partial charge on any atom is 0.253 e. The molecule has 3 rings (SSSR count). The number of hydrogen-bond donors (Lipinski definition) is 0. The van der Waals surface area contributed by atoms with Crippen LogP contribution in [-0.2, 0) is 12.3 Å². The molecule has 6 heteroatoms. The van der Waals surface area contributed by atoms with Gasteiger partial charge >= 0.3 is 0 Å². The molecule has 0 fully saturated rings. The normalized spacial score (nSPS) is 10.7. The zero-order chi connectivity index (χ0) is 18.5. The molecule has 0 saturated carbocycles. The lowest BCUT2D eigenvalue weighted by Crippen LogP contribution is -2.26. The van der Waals surface area contributed by atoms with Gasteiger partial charge in [-0.05, 0) is 43.7 Å². The van der Waals surface area contributed by atoms with E-state index in [1.54, 1.807) is 29.9 Å². The van der Waals surface area contributed by atoms with Gasteiger partial charge in [0.2, 0.25) is 0 Å². The minimum Gasteiger partial charge on any atom is -0.361 e. The quantitative estimate of drug-likeness (QED) is 0.610. The van der Waals surface area contributed by atoms with E-state index in [9.17, 15) is 4.79 Å². The first-order valence-corrected chi connectivity index (χ1v) is 9.33. The number of benzene rings is 1. The molecule has 0 aliphatic rings. The van der Waals surface area contributed by atoms with Gasteiger partial charge in [-0.1, -0.05) is 23.4 Å². The fourth-order valence-electron chi connectivity index (χ4n) is 2.59. The number of rotatable bonds is 6. The van der Waals surface area contributed by atoms with E-state index >= 15 is 0 Å². The van der Waals surface area contributed by atoms with Crippen LogP contribution in [0.3, 0.4) is 0 Å². The summed E-state index contributed by atoms with van der Waals surface area (Å²) in [6.45, 7) is 4.23. The van der Waals surface area contributed by atoms with Gasteiger partial charge in [0.05, 0.1) is 17.3 Å². The largest absolute Gasteiger partial charge is 0.361 e. The van der Waals surface area contributed by atoms with E-state index in [0.29, 0.717) is 12.1 Å². The molecule has 0 bridgehead atoms. The summed E-state index contributed by atoms with van der Waals surface area (Å²) in [5, 5.41) is 4.93. The molecule has 1 aromatic carbocycles. The molecule has 3 aromatic rings. The van der Waals surface area contributed by atoms with Crippen LogP contribution in [0.5, 0.6) is 0 Å². The molecular formula is C20H21N3O2S. The lowest BCUT2D eigenvalue weighted by Gasteiger charge is -2.17. The Hall–Kier alpha value is -2.60. The van der Waals surface area contributed by atoms with Gasteiger partial charge in [-0.2, -0.15) is 0 Å². The molecule has 2 heterocycles. The summed E-state index contributed by atoms with van der Waals surface area (Å²) in [6, 6.07) is 13.6. The number of thioether (sulfide) groups is 1. The summed E-state index contributed by atoms with van der Waals surface area (Å²) in [6.07, 6.45) is 1.79. The number of carbonyl (C=O) groups is 1. The van der Waals surface area contributed by atoms with Crippen LogP contribution in [0.2, 0.25) is 0 Å². The van der Waals surface area contributed by atoms with Gasteiger partial charge in [0, 0.05) is 30.1 Å². The fourth-order valence-corrected chi connectivity index (χ4v) is 3.41. The van der Waals surface area contributed by atoms with E-state index in [2.05, 4.69) is 10.1 Å². The first-order chi connectivity index (χ1) is 12.5. The summed E-state index contributed by atoms with van der Waals surface area (Å²) in [7, 11) is 1.79. The highest BCUT2D eigenvalue weighted by Gasteiger charge is 2.16. The third-order valence-electron chi connectivity index (χ3n) is 4.15. The Morgan fingerprint density at radius 2 is 1.92 bits per heavy atom. The van der Waals surface area contributed by atoms with Crippen molar-refractivity contribution in [3.05, 3.63) is 76.8 Å². The Bertz CT molecular complexity index is 856. The highest BCUT2D eigenvalue weighted by molar-refractivity contribution is 7.98. The molecule has 0 unspecified atom stereocenters. The number of aryl methyl sites for hydroxylation is 2. The maximum absolute atomic E-state index is 12.6. The monoisotopic (exact) mass is 367 g/mol. The van der Waals surface area contributed by atoms with Crippen LogP contribution in [0.4, 0.5) is 0 Å². The number of carbonyl (C=O) groups excluding carboxylic acids is 1. The van der Waals surface area contributed by atoms with Crippen LogP contribution >= 0.6 is 11.8 Å². The summed E-state index contributed by atoms with van der Waals surface area (Å²) in [5.41, 5.74) is 3.62. The van der Waals surface area contributed by atoms with Crippen molar-refractivity contribution in [3.8, 4) is 0 Å². The number of pyridine rings is 1. The topological polar surface area (TPSA) is 59.2 Å². The Kier molecular flexibility index (Phi) is 5.73. The first-order valence-electron chi connectivity index (χ1n) is 8.34. The van der Waals surface area contributed by atoms with Gasteiger partial charge in [0.15, 0.2) is 0 Å². The number of nitrogens with zero attached hydrogens (tertiary/aromatic N) is 3. The molecule has 1 amide bonds. The van der Waals surface area contributed by atoms with Crippen molar-refractivity contribution in [2.45, 2.75) is 31.2 Å². The molecule has 134 valence electrons. The maximum atomic E-state index is 12.6. The van der Waals surface area contributed by atoms with Crippen molar-refractivity contribution in [1.29, 1.82) is 0 Å². The zero-order valence-electron chi connectivity index (χ0n) is 15.1. The van der Waals surface area contributed by atoms with Gasteiger partial charge in [-0.3, -0.25) is 4.79 Å². The van der Waals surface area contributed by atoms with Gasteiger partial charge in [-0.25, -0.2) is 4.98 Å². The Morgan fingerprint density at radius 1 is 1.15 bits per heavy atom. The van der Waals surface area contributed by atoms with E-state index < -0.39 is 0 Å². The van der Waals surface area contributed by atoms with Crippen molar-refractivity contribution < 1.29 is 9.32 Å².